The van der Waals surface area contributed by atoms with Crippen LogP contribution in [0.1, 0.15) is 24.0 Å². The van der Waals surface area contributed by atoms with Crippen molar-refractivity contribution in [2.75, 3.05) is 24.5 Å². The van der Waals surface area contributed by atoms with Crippen molar-refractivity contribution in [2.24, 2.45) is 12.8 Å². The topological polar surface area (TPSA) is 106 Å². The van der Waals surface area contributed by atoms with E-state index in [4.69, 9.17) is 10.5 Å². The van der Waals surface area contributed by atoms with Crippen LogP contribution in [-0.2, 0) is 13.5 Å². The SMILES string of the molecule is Cn1nc(N2CCCC2)cc1Oc1cc(C#N)ccc1-c1ncc(CCN)cn1. The molecule has 29 heavy (non-hydrogen) atoms. The van der Waals surface area contributed by atoms with Gasteiger partial charge >= 0.3 is 0 Å². The Morgan fingerprint density at radius 3 is 2.62 bits per heavy atom. The van der Waals surface area contributed by atoms with Gasteiger partial charge in [-0.3, -0.25) is 0 Å². The fourth-order valence-electron chi connectivity index (χ4n) is 3.40. The van der Waals surface area contributed by atoms with E-state index in [2.05, 4.69) is 26.0 Å². The van der Waals surface area contributed by atoms with Gasteiger partial charge in [0.2, 0.25) is 5.88 Å². The second-order valence-corrected chi connectivity index (χ2v) is 7.04. The number of aryl methyl sites for hydroxylation is 1. The van der Waals surface area contributed by atoms with E-state index in [1.807, 2.05) is 19.2 Å². The number of hydrogen-bond acceptors (Lipinski definition) is 7. The molecule has 148 valence electrons. The largest absolute Gasteiger partial charge is 0.438 e. The van der Waals surface area contributed by atoms with Crippen molar-refractivity contribution < 1.29 is 4.74 Å². The maximum atomic E-state index is 9.31. The molecule has 0 spiro atoms. The van der Waals surface area contributed by atoms with Crippen molar-refractivity contribution >= 4 is 5.82 Å². The summed E-state index contributed by atoms with van der Waals surface area (Å²) in [5.74, 6) is 2.56. The summed E-state index contributed by atoms with van der Waals surface area (Å²) in [6, 6.07) is 9.33. The number of ether oxygens (including phenoxy) is 1. The van der Waals surface area contributed by atoms with E-state index in [1.54, 1.807) is 29.2 Å². The fourth-order valence-corrected chi connectivity index (χ4v) is 3.40. The predicted octanol–water partition coefficient (Wildman–Crippen LogP) is 2.64. The summed E-state index contributed by atoms with van der Waals surface area (Å²) in [4.78, 5) is 11.2. The molecule has 8 nitrogen and oxygen atoms in total. The van der Waals surface area contributed by atoms with E-state index in [0.29, 0.717) is 35.1 Å². The number of nitrogens with two attached hydrogens (primary N) is 1. The smallest absolute Gasteiger partial charge is 0.219 e. The van der Waals surface area contributed by atoms with Gasteiger partial charge in [0.25, 0.3) is 0 Å². The van der Waals surface area contributed by atoms with E-state index in [1.165, 1.54) is 12.8 Å². The van der Waals surface area contributed by atoms with Gasteiger partial charge in [0.05, 0.1) is 17.2 Å². The van der Waals surface area contributed by atoms with Gasteiger partial charge < -0.3 is 15.4 Å². The van der Waals surface area contributed by atoms with E-state index in [9.17, 15) is 5.26 Å². The Balaban J connectivity index is 1.67. The molecule has 0 amide bonds. The highest BCUT2D eigenvalue weighted by Gasteiger charge is 2.19. The van der Waals surface area contributed by atoms with E-state index in [0.717, 1.165) is 30.9 Å². The van der Waals surface area contributed by atoms with Crippen LogP contribution in [0.2, 0.25) is 0 Å². The Hall–Kier alpha value is -3.44. The molecule has 2 aromatic heterocycles. The Labute approximate surface area is 169 Å². The third-order valence-corrected chi connectivity index (χ3v) is 4.96. The standard InChI is InChI=1S/C21H23N7O/c1-27-20(11-19(26-27)28-8-2-3-9-28)29-18-10-15(12-23)4-5-17(18)21-24-13-16(6-7-22)14-25-21/h4-5,10-11,13-14H,2-3,6-9,22H2,1H3. The third kappa shape index (κ3) is 4.05. The minimum Gasteiger partial charge on any atom is -0.438 e. The van der Waals surface area contributed by atoms with Crippen LogP contribution in [-0.4, -0.2) is 39.4 Å². The first-order valence-electron chi connectivity index (χ1n) is 9.70. The molecule has 8 heteroatoms. The lowest BCUT2D eigenvalue weighted by Crippen LogP contribution is -2.18. The van der Waals surface area contributed by atoms with Crippen molar-refractivity contribution in [2.45, 2.75) is 19.3 Å². The molecule has 1 aromatic carbocycles. The van der Waals surface area contributed by atoms with Crippen molar-refractivity contribution in [1.29, 1.82) is 5.26 Å². The summed E-state index contributed by atoms with van der Waals surface area (Å²) in [5.41, 5.74) is 7.80. The second-order valence-electron chi connectivity index (χ2n) is 7.04. The summed E-state index contributed by atoms with van der Waals surface area (Å²) in [6.07, 6.45) is 6.63. The van der Waals surface area contributed by atoms with E-state index >= 15 is 0 Å². The number of nitrogens with zero attached hydrogens (tertiary/aromatic N) is 6. The van der Waals surface area contributed by atoms with Gasteiger partial charge in [-0.05, 0) is 49.6 Å². The van der Waals surface area contributed by atoms with Gasteiger partial charge in [0, 0.05) is 38.6 Å². The first-order chi connectivity index (χ1) is 14.2. The molecule has 1 aliphatic heterocycles. The van der Waals surface area contributed by atoms with Crippen molar-refractivity contribution in [3.8, 4) is 29.1 Å². The number of rotatable bonds is 6. The molecule has 2 N–H and O–H groups in total. The third-order valence-electron chi connectivity index (χ3n) is 4.96. The van der Waals surface area contributed by atoms with Crippen LogP contribution in [0.5, 0.6) is 11.6 Å². The molecule has 1 aliphatic rings. The zero-order chi connectivity index (χ0) is 20.2. The molecule has 3 heterocycles. The molecule has 0 bridgehead atoms. The second kappa shape index (κ2) is 8.29. The van der Waals surface area contributed by atoms with Gasteiger partial charge in [-0.2, -0.15) is 10.4 Å². The average Bonchev–Trinajstić information content (AvgIpc) is 3.39. The summed E-state index contributed by atoms with van der Waals surface area (Å²) in [7, 11) is 1.85. The molecule has 1 fully saturated rings. The minimum atomic E-state index is 0.505. The lowest BCUT2D eigenvalue weighted by Gasteiger charge is -2.12. The van der Waals surface area contributed by atoms with Crippen LogP contribution in [0.3, 0.4) is 0 Å². The van der Waals surface area contributed by atoms with Crippen molar-refractivity contribution in [3.05, 3.63) is 47.8 Å². The zero-order valence-corrected chi connectivity index (χ0v) is 16.4. The number of aromatic nitrogens is 4. The molecule has 0 saturated carbocycles. The summed E-state index contributed by atoms with van der Waals surface area (Å²) in [5, 5.41) is 13.9. The first-order valence-corrected chi connectivity index (χ1v) is 9.70. The fraction of sp³-hybridized carbons (Fsp3) is 0.333. The van der Waals surface area contributed by atoms with Crippen LogP contribution < -0.4 is 15.4 Å². The molecule has 0 aliphatic carbocycles. The Morgan fingerprint density at radius 2 is 1.93 bits per heavy atom. The molecule has 1 saturated heterocycles. The molecule has 0 radical (unpaired) electrons. The monoisotopic (exact) mass is 389 g/mol. The minimum absolute atomic E-state index is 0.505. The van der Waals surface area contributed by atoms with Crippen LogP contribution >= 0.6 is 0 Å². The molecule has 4 rings (SSSR count). The summed E-state index contributed by atoms with van der Waals surface area (Å²) in [6.45, 7) is 2.57. The maximum absolute atomic E-state index is 9.31. The van der Waals surface area contributed by atoms with E-state index < -0.39 is 0 Å². The number of anilines is 1. The highest BCUT2D eigenvalue weighted by atomic mass is 16.5. The first kappa shape index (κ1) is 18.9. The predicted molar refractivity (Wildman–Crippen MR) is 110 cm³/mol. The summed E-state index contributed by atoms with van der Waals surface area (Å²) < 4.78 is 7.89. The Bertz CT molecular complexity index is 1030. The highest BCUT2D eigenvalue weighted by molar-refractivity contribution is 5.66. The lowest BCUT2D eigenvalue weighted by molar-refractivity contribution is 0.432. The number of hydrogen-bond donors (Lipinski definition) is 1. The normalized spacial score (nSPS) is 13.5. The highest BCUT2D eigenvalue weighted by Crippen LogP contribution is 2.34. The van der Waals surface area contributed by atoms with Crippen LogP contribution in [0.25, 0.3) is 11.4 Å². The van der Waals surface area contributed by atoms with Gasteiger partial charge in [0.15, 0.2) is 11.6 Å². The van der Waals surface area contributed by atoms with Gasteiger partial charge in [-0.15, -0.1) is 0 Å². The zero-order valence-electron chi connectivity index (χ0n) is 16.4. The number of nitriles is 1. The lowest BCUT2D eigenvalue weighted by atomic mass is 10.1. The molecular formula is C21H23N7O. The molecule has 0 atom stereocenters. The molecule has 3 aromatic rings. The van der Waals surface area contributed by atoms with Gasteiger partial charge in [0.1, 0.15) is 5.75 Å². The van der Waals surface area contributed by atoms with Crippen molar-refractivity contribution in [3.63, 3.8) is 0 Å². The van der Waals surface area contributed by atoms with Crippen LogP contribution in [0, 0.1) is 11.3 Å². The van der Waals surface area contributed by atoms with Crippen molar-refractivity contribution in [1.82, 2.24) is 19.7 Å². The number of benzene rings is 1. The quantitative estimate of drug-likeness (QED) is 0.691. The Kier molecular flexibility index (Phi) is 5.40. The molecule has 0 unspecified atom stereocenters. The van der Waals surface area contributed by atoms with E-state index in [-0.39, 0.29) is 0 Å². The summed E-state index contributed by atoms with van der Waals surface area (Å²) >= 11 is 0. The Morgan fingerprint density at radius 1 is 1.17 bits per heavy atom. The maximum Gasteiger partial charge on any atom is 0.219 e. The average molecular weight is 389 g/mol. The molecular weight excluding hydrogens is 366 g/mol. The van der Waals surface area contributed by atoms with Crippen LogP contribution in [0.15, 0.2) is 36.7 Å². The van der Waals surface area contributed by atoms with Gasteiger partial charge in [-0.25, -0.2) is 14.6 Å². The van der Waals surface area contributed by atoms with Crippen LogP contribution in [0.4, 0.5) is 5.82 Å². The van der Waals surface area contributed by atoms with Gasteiger partial charge in [-0.1, -0.05) is 0 Å².